The number of nitrogens with two attached hydrogens (primary N) is 1. The topological polar surface area (TPSA) is 99.0 Å². The number of aryl methyl sites for hydroxylation is 1. The molecule has 3 N–H and O–H groups in total. The van der Waals surface area contributed by atoms with Gasteiger partial charge in [-0.25, -0.2) is 9.97 Å². The number of anilines is 2. The first-order valence-electron chi connectivity index (χ1n) is 5.90. The second-order valence-corrected chi connectivity index (χ2v) is 4.21. The molecule has 0 aliphatic heterocycles. The Hall–Kier alpha value is -2.64. The summed E-state index contributed by atoms with van der Waals surface area (Å²) in [6, 6.07) is 0. The molecule has 3 rings (SSSR count). The molecule has 3 aromatic rings. The van der Waals surface area contributed by atoms with Gasteiger partial charge in [0.25, 0.3) is 0 Å². The Morgan fingerprint density at radius 2 is 2.32 bits per heavy atom. The molecule has 0 saturated carbocycles. The first-order chi connectivity index (χ1) is 9.24. The van der Waals surface area contributed by atoms with Gasteiger partial charge in [-0.15, -0.1) is 10.2 Å². The molecule has 0 aliphatic rings. The van der Waals surface area contributed by atoms with Gasteiger partial charge in [0.1, 0.15) is 18.0 Å². The van der Waals surface area contributed by atoms with Crippen LogP contribution in [0.25, 0.3) is 5.65 Å². The summed E-state index contributed by atoms with van der Waals surface area (Å²) >= 11 is 0. The number of nitrogens with one attached hydrogen (secondary N) is 1. The van der Waals surface area contributed by atoms with Gasteiger partial charge in [0.05, 0.1) is 6.20 Å². The highest BCUT2D eigenvalue weighted by molar-refractivity contribution is 5.64. The number of imidazole rings is 1. The zero-order valence-electron chi connectivity index (χ0n) is 10.5. The monoisotopic (exact) mass is 258 g/mol. The Bertz CT molecular complexity index is 698. The second-order valence-electron chi connectivity index (χ2n) is 4.21. The minimum atomic E-state index is 0.451. The maximum absolute atomic E-state index is 5.75. The lowest BCUT2D eigenvalue weighted by Crippen LogP contribution is -2.11. The molecule has 0 saturated heterocycles. The zero-order chi connectivity index (χ0) is 13.2. The van der Waals surface area contributed by atoms with Crippen LogP contribution in [-0.4, -0.2) is 35.7 Å². The fraction of sp³-hybridized carbons (Fsp3) is 0.273. The first-order valence-corrected chi connectivity index (χ1v) is 5.90. The molecule has 0 spiro atoms. The van der Waals surface area contributed by atoms with E-state index < -0.39 is 0 Å². The number of hydrogen-bond donors (Lipinski definition) is 2. The van der Waals surface area contributed by atoms with Crippen LogP contribution in [0.1, 0.15) is 5.82 Å². The minimum absolute atomic E-state index is 0.451. The Morgan fingerprint density at radius 3 is 3.11 bits per heavy atom. The molecular weight excluding hydrogens is 244 g/mol. The average Bonchev–Trinajstić information content (AvgIpc) is 2.98. The van der Waals surface area contributed by atoms with Crippen LogP contribution in [0.5, 0.6) is 0 Å². The molecule has 0 fully saturated rings. The SMILES string of the molecule is Cn1cnnc1CCNc1nc(N)cn2ccnc12. The van der Waals surface area contributed by atoms with Crippen LogP contribution in [0.2, 0.25) is 0 Å². The van der Waals surface area contributed by atoms with Crippen LogP contribution in [0.4, 0.5) is 11.6 Å². The summed E-state index contributed by atoms with van der Waals surface area (Å²) in [6.45, 7) is 0.686. The molecule has 98 valence electrons. The fourth-order valence-electron chi connectivity index (χ4n) is 1.90. The van der Waals surface area contributed by atoms with Crippen molar-refractivity contribution in [2.75, 3.05) is 17.6 Å². The van der Waals surface area contributed by atoms with Crippen molar-refractivity contribution in [1.82, 2.24) is 29.1 Å². The van der Waals surface area contributed by atoms with E-state index in [0.29, 0.717) is 18.2 Å². The Kier molecular flexibility index (Phi) is 2.75. The molecule has 3 heterocycles. The van der Waals surface area contributed by atoms with Crippen LogP contribution in [-0.2, 0) is 13.5 Å². The summed E-state index contributed by atoms with van der Waals surface area (Å²) in [5.74, 6) is 2.04. The summed E-state index contributed by atoms with van der Waals surface area (Å²) in [6.07, 6.45) is 7.71. The van der Waals surface area contributed by atoms with Crippen molar-refractivity contribution in [3.05, 3.63) is 30.7 Å². The lowest BCUT2D eigenvalue weighted by atomic mass is 10.4. The van der Waals surface area contributed by atoms with Crippen molar-refractivity contribution in [3.63, 3.8) is 0 Å². The molecule has 0 unspecified atom stereocenters. The smallest absolute Gasteiger partial charge is 0.180 e. The van der Waals surface area contributed by atoms with E-state index in [1.807, 2.05) is 22.2 Å². The third-order valence-corrected chi connectivity index (χ3v) is 2.84. The van der Waals surface area contributed by atoms with E-state index in [0.717, 1.165) is 17.9 Å². The van der Waals surface area contributed by atoms with E-state index in [9.17, 15) is 0 Å². The second kappa shape index (κ2) is 4.56. The molecule has 0 amide bonds. The predicted molar refractivity (Wildman–Crippen MR) is 70.6 cm³/mol. The van der Waals surface area contributed by atoms with Crippen molar-refractivity contribution in [3.8, 4) is 0 Å². The highest BCUT2D eigenvalue weighted by Gasteiger charge is 2.06. The molecule has 8 heteroatoms. The first kappa shape index (κ1) is 11.5. The molecule has 0 radical (unpaired) electrons. The third kappa shape index (κ3) is 2.19. The van der Waals surface area contributed by atoms with E-state index in [-0.39, 0.29) is 0 Å². The Balaban J connectivity index is 1.75. The largest absolute Gasteiger partial charge is 0.382 e. The van der Waals surface area contributed by atoms with Crippen molar-refractivity contribution in [2.24, 2.45) is 7.05 Å². The van der Waals surface area contributed by atoms with E-state index >= 15 is 0 Å². The number of hydrogen-bond acceptors (Lipinski definition) is 6. The van der Waals surface area contributed by atoms with Crippen molar-refractivity contribution in [2.45, 2.75) is 6.42 Å². The Labute approximate surface area is 109 Å². The van der Waals surface area contributed by atoms with Crippen molar-refractivity contribution < 1.29 is 0 Å². The average molecular weight is 258 g/mol. The van der Waals surface area contributed by atoms with Gasteiger partial charge in [-0.05, 0) is 0 Å². The molecule has 19 heavy (non-hydrogen) atoms. The third-order valence-electron chi connectivity index (χ3n) is 2.84. The van der Waals surface area contributed by atoms with Gasteiger partial charge in [-0.2, -0.15) is 0 Å². The Morgan fingerprint density at radius 1 is 1.42 bits per heavy atom. The van der Waals surface area contributed by atoms with Crippen LogP contribution < -0.4 is 11.1 Å². The molecule has 0 bridgehead atoms. The number of nitrogens with zero attached hydrogens (tertiary/aromatic N) is 6. The maximum Gasteiger partial charge on any atom is 0.180 e. The number of rotatable bonds is 4. The standard InChI is InChI=1S/C11H14N8/c1-18-7-15-17-9(18)2-3-13-10-11-14-4-5-19(11)6-8(12)16-10/h4-7H,2-3,12H2,1H3,(H,13,16). The number of nitrogen functional groups attached to an aromatic ring is 1. The molecule has 0 aromatic carbocycles. The lowest BCUT2D eigenvalue weighted by molar-refractivity contribution is 0.787. The van der Waals surface area contributed by atoms with Crippen LogP contribution in [0.15, 0.2) is 24.9 Å². The quantitative estimate of drug-likeness (QED) is 0.688. The fourth-order valence-corrected chi connectivity index (χ4v) is 1.90. The van der Waals surface area contributed by atoms with E-state index in [4.69, 9.17) is 5.73 Å². The zero-order valence-corrected chi connectivity index (χ0v) is 10.5. The molecule has 0 aliphatic carbocycles. The van der Waals surface area contributed by atoms with Crippen LogP contribution in [0, 0.1) is 0 Å². The summed E-state index contributed by atoms with van der Waals surface area (Å²) in [4.78, 5) is 8.50. The van der Waals surface area contributed by atoms with E-state index in [2.05, 4.69) is 25.5 Å². The van der Waals surface area contributed by atoms with Gasteiger partial charge in [-0.3, -0.25) is 0 Å². The molecule has 8 nitrogen and oxygen atoms in total. The summed E-state index contributed by atoms with van der Waals surface area (Å²) in [5.41, 5.74) is 6.50. The summed E-state index contributed by atoms with van der Waals surface area (Å²) in [5, 5.41) is 11.1. The molecule has 0 atom stereocenters. The number of aromatic nitrogens is 6. The van der Waals surface area contributed by atoms with E-state index in [1.165, 1.54) is 0 Å². The number of fused-ring (bicyclic) bond motifs is 1. The molecule has 3 aromatic heterocycles. The highest BCUT2D eigenvalue weighted by atomic mass is 15.2. The van der Waals surface area contributed by atoms with Gasteiger partial charge in [0, 0.05) is 32.4 Å². The van der Waals surface area contributed by atoms with Gasteiger partial charge in [-0.1, -0.05) is 0 Å². The summed E-state index contributed by atoms with van der Waals surface area (Å²) < 4.78 is 3.73. The van der Waals surface area contributed by atoms with Crippen LogP contribution in [0.3, 0.4) is 0 Å². The highest BCUT2D eigenvalue weighted by Crippen LogP contribution is 2.14. The van der Waals surface area contributed by atoms with E-state index in [1.54, 1.807) is 18.7 Å². The summed E-state index contributed by atoms with van der Waals surface area (Å²) in [7, 11) is 1.92. The van der Waals surface area contributed by atoms with Crippen molar-refractivity contribution in [1.29, 1.82) is 0 Å². The van der Waals surface area contributed by atoms with Crippen LogP contribution >= 0.6 is 0 Å². The van der Waals surface area contributed by atoms with Gasteiger partial charge in [0.15, 0.2) is 11.5 Å². The van der Waals surface area contributed by atoms with Crippen molar-refractivity contribution >= 4 is 17.3 Å². The normalized spacial score (nSPS) is 11.0. The van der Waals surface area contributed by atoms with Gasteiger partial charge in [0.2, 0.25) is 0 Å². The van der Waals surface area contributed by atoms with Gasteiger partial charge < -0.3 is 20.0 Å². The predicted octanol–water partition coefficient (Wildman–Crippen LogP) is 0.0946. The maximum atomic E-state index is 5.75. The minimum Gasteiger partial charge on any atom is -0.382 e. The van der Waals surface area contributed by atoms with Gasteiger partial charge >= 0.3 is 0 Å². The lowest BCUT2D eigenvalue weighted by Gasteiger charge is -2.07. The molecular formula is C11H14N8.